The Balaban J connectivity index is 3.21. The number of rotatable bonds is 13. The van der Waals surface area contributed by atoms with Crippen LogP contribution in [-0.4, -0.2) is 25.7 Å². The molecular weight excluding hydrogens is 256 g/mol. The first-order valence-electron chi connectivity index (χ1n) is 7.93. The molecule has 0 aromatic carbocycles. The van der Waals surface area contributed by atoms with Gasteiger partial charge < -0.3 is 9.47 Å². The van der Waals surface area contributed by atoms with Crippen LogP contribution in [0.3, 0.4) is 0 Å². The number of unbranched alkanes of at least 4 members (excludes halogenated alkanes) is 8. The molecule has 0 aliphatic heterocycles. The maximum atomic E-state index is 11.3. The first kappa shape index (κ1) is 18.9. The van der Waals surface area contributed by atoms with E-state index in [4.69, 9.17) is 4.74 Å². The average Bonchev–Trinajstić information content (AvgIpc) is 2.45. The van der Waals surface area contributed by atoms with Crippen molar-refractivity contribution in [3.05, 3.63) is 0 Å². The summed E-state index contributed by atoms with van der Waals surface area (Å²) in [7, 11) is 1.33. The molecule has 0 saturated heterocycles. The van der Waals surface area contributed by atoms with Crippen molar-refractivity contribution in [2.24, 2.45) is 0 Å². The van der Waals surface area contributed by atoms with Gasteiger partial charge in [-0.2, -0.15) is 0 Å². The summed E-state index contributed by atoms with van der Waals surface area (Å²) in [5.74, 6) is -0.558. The number of methoxy groups -OCH3 is 1. The second-order valence-corrected chi connectivity index (χ2v) is 5.13. The minimum absolute atomic E-state index is 0.128. The highest BCUT2D eigenvalue weighted by molar-refractivity contribution is 5.71. The predicted molar refractivity (Wildman–Crippen MR) is 79.4 cm³/mol. The van der Waals surface area contributed by atoms with Gasteiger partial charge in [0.05, 0.1) is 13.5 Å². The molecule has 0 N–H and O–H groups in total. The zero-order valence-electron chi connectivity index (χ0n) is 13.1. The molecule has 0 spiro atoms. The Morgan fingerprint density at radius 2 is 1.30 bits per heavy atom. The van der Waals surface area contributed by atoms with Gasteiger partial charge in [0.2, 0.25) is 0 Å². The van der Waals surface area contributed by atoms with Gasteiger partial charge in [-0.15, -0.1) is 0 Å². The van der Waals surface area contributed by atoms with Crippen LogP contribution in [-0.2, 0) is 19.1 Å². The third kappa shape index (κ3) is 13.4. The molecule has 0 aromatic heterocycles. The van der Waals surface area contributed by atoms with Crippen LogP contribution in [0.4, 0.5) is 0 Å². The maximum Gasteiger partial charge on any atom is 0.308 e. The third-order valence-corrected chi connectivity index (χ3v) is 3.28. The second kappa shape index (κ2) is 14.4. The molecule has 0 rings (SSSR count). The topological polar surface area (TPSA) is 52.6 Å². The molecule has 0 aliphatic carbocycles. The van der Waals surface area contributed by atoms with Gasteiger partial charge in [-0.3, -0.25) is 9.59 Å². The number of carbonyl (C=O) groups excluding carboxylic acids is 2. The van der Waals surface area contributed by atoms with Gasteiger partial charge in [0.15, 0.2) is 0 Å². The smallest absolute Gasteiger partial charge is 0.308 e. The normalized spacial score (nSPS) is 10.3. The number of hydrogen-bond acceptors (Lipinski definition) is 4. The third-order valence-electron chi connectivity index (χ3n) is 3.28. The Morgan fingerprint density at radius 1 is 0.750 bits per heavy atom. The molecule has 0 fully saturated rings. The fourth-order valence-electron chi connectivity index (χ4n) is 2.00. The van der Waals surface area contributed by atoms with Gasteiger partial charge in [-0.25, -0.2) is 0 Å². The average molecular weight is 286 g/mol. The van der Waals surface area contributed by atoms with Crippen LogP contribution in [0.15, 0.2) is 0 Å². The minimum atomic E-state index is -0.346. The summed E-state index contributed by atoms with van der Waals surface area (Å²) < 4.78 is 9.41. The molecule has 0 aliphatic rings. The fraction of sp³-hybridized carbons (Fsp3) is 0.875. The number of carbonyl (C=O) groups is 2. The Labute approximate surface area is 123 Å². The van der Waals surface area contributed by atoms with Crippen LogP contribution >= 0.6 is 0 Å². The number of ether oxygens (including phenoxy) is 2. The Bertz CT molecular complexity index is 251. The summed E-state index contributed by atoms with van der Waals surface area (Å²) in [6, 6.07) is 0. The highest BCUT2D eigenvalue weighted by Crippen LogP contribution is 2.10. The van der Waals surface area contributed by atoms with Gasteiger partial charge in [-0.05, 0) is 6.42 Å². The molecule has 0 aromatic rings. The first-order valence-corrected chi connectivity index (χ1v) is 7.93. The van der Waals surface area contributed by atoms with Gasteiger partial charge >= 0.3 is 11.9 Å². The lowest BCUT2D eigenvalue weighted by Crippen LogP contribution is -2.10. The van der Waals surface area contributed by atoms with E-state index in [1.807, 2.05) is 0 Å². The van der Waals surface area contributed by atoms with Gasteiger partial charge in [-0.1, -0.05) is 58.3 Å². The summed E-state index contributed by atoms with van der Waals surface area (Å²) in [4.78, 5) is 22.2. The minimum Gasteiger partial charge on any atom is -0.469 e. The van der Waals surface area contributed by atoms with E-state index in [0.29, 0.717) is 6.42 Å². The molecule has 0 radical (unpaired) electrons. The van der Waals surface area contributed by atoms with Crippen molar-refractivity contribution < 1.29 is 19.1 Å². The Hall–Kier alpha value is -1.06. The highest BCUT2D eigenvalue weighted by Gasteiger charge is 2.05. The fourth-order valence-corrected chi connectivity index (χ4v) is 2.00. The molecule has 0 saturated carbocycles. The molecule has 0 heterocycles. The van der Waals surface area contributed by atoms with Crippen LogP contribution < -0.4 is 0 Å². The largest absolute Gasteiger partial charge is 0.469 e. The highest BCUT2D eigenvalue weighted by atomic mass is 16.5. The summed E-state index contributed by atoms with van der Waals surface area (Å²) in [6.07, 6.45) is 11.6. The maximum absolute atomic E-state index is 11.3. The molecule has 0 amide bonds. The lowest BCUT2D eigenvalue weighted by Gasteiger charge is -2.04. The van der Waals surface area contributed by atoms with Crippen molar-refractivity contribution in [3.63, 3.8) is 0 Å². The molecular formula is C16H30O4. The van der Waals surface area contributed by atoms with Crippen LogP contribution in [0.1, 0.15) is 77.6 Å². The zero-order chi connectivity index (χ0) is 15.1. The van der Waals surface area contributed by atoms with Crippen LogP contribution in [0.2, 0.25) is 0 Å². The quantitative estimate of drug-likeness (QED) is 0.379. The van der Waals surface area contributed by atoms with Crippen LogP contribution in [0.5, 0.6) is 0 Å². The summed E-state index contributed by atoms with van der Waals surface area (Å²) in [5, 5.41) is 0. The van der Waals surface area contributed by atoms with Gasteiger partial charge in [0.25, 0.3) is 0 Å². The molecule has 0 atom stereocenters. The molecule has 20 heavy (non-hydrogen) atoms. The Morgan fingerprint density at radius 3 is 1.85 bits per heavy atom. The lowest BCUT2D eigenvalue weighted by atomic mass is 10.1. The summed E-state index contributed by atoms with van der Waals surface area (Å²) >= 11 is 0. The van der Waals surface area contributed by atoms with E-state index in [9.17, 15) is 9.59 Å². The SMILES string of the molecule is CCCCCCCCCCCC(=O)OCCC(=O)OC. The number of hydrogen-bond donors (Lipinski definition) is 0. The van der Waals surface area contributed by atoms with Crippen molar-refractivity contribution in [3.8, 4) is 0 Å². The summed E-state index contributed by atoms with van der Waals surface area (Å²) in [5.41, 5.74) is 0. The molecule has 0 unspecified atom stereocenters. The van der Waals surface area contributed by atoms with Crippen LogP contribution in [0, 0.1) is 0 Å². The first-order chi connectivity index (χ1) is 9.70. The second-order valence-electron chi connectivity index (χ2n) is 5.13. The summed E-state index contributed by atoms with van der Waals surface area (Å²) in [6.45, 7) is 2.35. The van der Waals surface area contributed by atoms with Crippen LogP contribution in [0.25, 0.3) is 0 Å². The van der Waals surface area contributed by atoms with E-state index in [2.05, 4.69) is 11.7 Å². The van der Waals surface area contributed by atoms with Crippen molar-refractivity contribution in [2.45, 2.75) is 77.6 Å². The van der Waals surface area contributed by atoms with E-state index >= 15 is 0 Å². The van der Waals surface area contributed by atoms with E-state index in [1.165, 1.54) is 52.1 Å². The lowest BCUT2D eigenvalue weighted by molar-refractivity contribution is -0.147. The zero-order valence-corrected chi connectivity index (χ0v) is 13.1. The van der Waals surface area contributed by atoms with Crippen molar-refractivity contribution >= 4 is 11.9 Å². The van der Waals surface area contributed by atoms with E-state index < -0.39 is 0 Å². The van der Waals surface area contributed by atoms with E-state index in [1.54, 1.807) is 0 Å². The standard InChI is InChI=1S/C16H30O4/c1-3-4-5-6-7-8-9-10-11-12-16(18)20-14-13-15(17)19-2/h3-14H2,1-2H3. The molecule has 0 bridgehead atoms. The number of esters is 2. The van der Waals surface area contributed by atoms with Crippen molar-refractivity contribution in [1.82, 2.24) is 0 Å². The molecule has 4 heteroatoms. The van der Waals surface area contributed by atoms with Crippen molar-refractivity contribution in [2.75, 3.05) is 13.7 Å². The van der Waals surface area contributed by atoms with Gasteiger partial charge in [0.1, 0.15) is 6.61 Å². The van der Waals surface area contributed by atoms with E-state index in [-0.39, 0.29) is 25.0 Å². The van der Waals surface area contributed by atoms with E-state index in [0.717, 1.165) is 12.8 Å². The molecule has 118 valence electrons. The van der Waals surface area contributed by atoms with Gasteiger partial charge in [0, 0.05) is 6.42 Å². The van der Waals surface area contributed by atoms with Crippen molar-refractivity contribution in [1.29, 1.82) is 0 Å². The predicted octanol–water partition coefficient (Wildman–Crippen LogP) is 4.01. The molecule has 4 nitrogen and oxygen atoms in total. The Kier molecular flexibility index (Phi) is 13.6. The monoisotopic (exact) mass is 286 g/mol.